The molecule has 2 N–H and O–H groups in total. The molecule has 4 amide bonds. The molecule has 0 aliphatic carbocycles. The number of thiazole rings is 1. The van der Waals surface area contributed by atoms with Crippen molar-refractivity contribution in [1.82, 2.24) is 34.3 Å². The lowest BCUT2D eigenvalue weighted by Crippen LogP contribution is -2.40. The molecule has 2 aromatic carbocycles. The van der Waals surface area contributed by atoms with Gasteiger partial charge in [0, 0.05) is 93.7 Å². The van der Waals surface area contributed by atoms with Gasteiger partial charge < -0.3 is 20.0 Å². The van der Waals surface area contributed by atoms with E-state index in [0.717, 1.165) is 41.0 Å². The number of carbonyl (C=O) groups is 4. The van der Waals surface area contributed by atoms with Crippen LogP contribution in [0.25, 0.3) is 11.1 Å². The Morgan fingerprint density at radius 3 is 2.49 bits per heavy atom. The number of likely N-dealkylation sites (tertiary alicyclic amines) is 1. The molecule has 5 aromatic rings. The van der Waals surface area contributed by atoms with Crippen molar-refractivity contribution in [3.8, 4) is 11.1 Å². The van der Waals surface area contributed by atoms with E-state index < -0.39 is 17.3 Å². The molecule has 20 heteroatoms. The van der Waals surface area contributed by atoms with Crippen molar-refractivity contribution in [3.05, 3.63) is 92.5 Å². The Morgan fingerprint density at radius 2 is 1.79 bits per heavy atom. The summed E-state index contributed by atoms with van der Waals surface area (Å²) in [5, 5.41) is 25.8. The van der Waals surface area contributed by atoms with Crippen molar-refractivity contribution in [3.63, 3.8) is 0 Å². The molecule has 8 rings (SSSR count). The number of halogens is 2. The standard InChI is InChI=1S/C43H47F2N11O6S/c1-25-42(56(61)62)63-43(47-25)49-41(60)30-9-4-5-10-34(30)48-37(58)11-6-12-38(59)52-17-13-29(14-18-52)55-35-15-19-53(26(2)57)24-33(35)40(50-55)54-16-7-8-27-20-31(28-22-46-51(3)23-28)32(39(44)45)21-36(27)54/h4-5,9-10,20-23,29,39H,6-8,11-19,24H2,1-3H3,(H,48,58)(H,47,49,60). The van der Waals surface area contributed by atoms with Crippen LogP contribution in [0.3, 0.4) is 0 Å². The number of carbonyl (C=O) groups excluding carboxylic acids is 4. The Hall–Kier alpha value is -6.57. The normalized spacial score (nSPS) is 15.3. The zero-order chi connectivity index (χ0) is 44.5. The second-order valence-corrected chi connectivity index (χ2v) is 17.1. The summed E-state index contributed by atoms with van der Waals surface area (Å²) in [6.07, 6.45) is 4.51. The third kappa shape index (κ3) is 9.02. The first-order chi connectivity index (χ1) is 30.2. The number of alkyl halides is 2. The van der Waals surface area contributed by atoms with Gasteiger partial charge in [0.05, 0.1) is 35.0 Å². The number of aryl methyl sites for hydroxylation is 3. The van der Waals surface area contributed by atoms with Crippen molar-refractivity contribution < 1.29 is 32.9 Å². The first-order valence-corrected chi connectivity index (χ1v) is 21.7. The predicted molar refractivity (Wildman–Crippen MR) is 231 cm³/mol. The quantitative estimate of drug-likeness (QED) is 0.0964. The highest BCUT2D eigenvalue weighted by Crippen LogP contribution is 2.44. The number of hydrogen-bond acceptors (Lipinski definition) is 11. The molecular formula is C43H47F2N11O6S. The lowest BCUT2D eigenvalue weighted by molar-refractivity contribution is -0.380. The van der Waals surface area contributed by atoms with E-state index in [1.165, 1.54) is 13.0 Å². The topological polar surface area (TPSA) is 194 Å². The lowest BCUT2D eigenvalue weighted by Gasteiger charge is -2.34. The molecule has 6 heterocycles. The number of nitrogens with one attached hydrogen (secondary N) is 2. The van der Waals surface area contributed by atoms with Crippen LogP contribution in [0.1, 0.15) is 96.4 Å². The molecule has 0 spiro atoms. The van der Waals surface area contributed by atoms with Gasteiger partial charge in [0.1, 0.15) is 5.69 Å². The molecule has 17 nitrogen and oxygen atoms in total. The summed E-state index contributed by atoms with van der Waals surface area (Å²) in [4.78, 5) is 72.4. The van der Waals surface area contributed by atoms with E-state index in [1.807, 2.05) is 11.0 Å². The monoisotopic (exact) mass is 883 g/mol. The fourth-order valence-electron chi connectivity index (χ4n) is 8.77. The fraction of sp³-hybridized carbons (Fsp3) is 0.419. The maximum Gasteiger partial charge on any atom is 0.348 e. The third-order valence-electron chi connectivity index (χ3n) is 11.9. The van der Waals surface area contributed by atoms with E-state index in [1.54, 1.807) is 65.1 Å². The highest BCUT2D eigenvalue weighted by Gasteiger charge is 2.35. The van der Waals surface area contributed by atoms with E-state index in [9.17, 15) is 38.1 Å². The summed E-state index contributed by atoms with van der Waals surface area (Å²) >= 11 is 0.742. The molecule has 0 atom stereocenters. The Kier molecular flexibility index (Phi) is 12.3. The van der Waals surface area contributed by atoms with Crippen LogP contribution in [-0.4, -0.2) is 89.1 Å². The summed E-state index contributed by atoms with van der Waals surface area (Å²) in [5.74, 6) is -0.406. The highest BCUT2D eigenvalue weighted by atomic mass is 32.1. The van der Waals surface area contributed by atoms with E-state index >= 15 is 0 Å². The fourth-order valence-corrected chi connectivity index (χ4v) is 9.55. The Bertz CT molecular complexity index is 2600. The molecule has 3 aromatic heterocycles. The Balaban J connectivity index is 0.911. The van der Waals surface area contributed by atoms with Gasteiger partial charge in [-0.2, -0.15) is 10.2 Å². The minimum atomic E-state index is -2.71. The van der Waals surface area contributed by atoms with Crippen LogP contribution in [0.2, 0.25) is 0 Å². The van der Waals surface area contributed by atoms with Crippen molar-refractivity contribution in [2.45, 2.75) is 84.2 Å². The molecule has 0 bridgehead atoms. The minimum absolute atomic E-state index is 0.0212. The van der Waals surface area contributed by atoms with Crippen molar-refractivity contribution in [1.29, 1.82) is 0 Å². The number of amides is 4. The summed E-state index contributed by atoms with van der Waals surface area (Å²) in [5.41, 5.74) is 5.18. The number of nitrogens with zero attached hydrogens (tertiary/aromatic N) is 9. The lowest BCUT2D eigenvalue weighted by atomic mass is 9.92. The largest absolute Gasteiger partial charge is 0.348 e. The van der Waals surface area contributed by atoms with Crippen LogP contribution in [0.15, 0.2) is 48.8 Å². The third-order valence-corrected chi connectivity index (χ3v) is 13.0. The van der Waals surface area contributed by atoms with Crippen LogP contribution < -0.4 is 15.5 Å². The van der Waals surface area contributed by atoms with Crippen molar-refractivity contribution in [2.24, 2.45) is 7.05 Å². The van der Waals surface area contributed by atoms with Gasteiger partial charge in [0.2, 0.25) is 17.7 Å². The van der Waals surface area contributed by atoms with Gasteiger partial charge in [0.15, 0.2) is 10.9 Å². The van der Waals surface area contributed by atoms with Crippen LogP contribution in [0.5, 0.6) is 0 Å². The molecular weight excluding hydrogens is 837 g/mol. The van der Waals surface area contributed by atoms with Gasteiger partial charge in [-0.05, 0) is 85.8 Å². The first kappa shape index (κ1) is 43.1. The number of benzene rings is 2. The number of fused-ring (bicyclic) bond motifs is 2. The van der Waals surface area contributed by atoms with E-state index in [-0.39, 0.29) is 75.7 Å². The Morgan fingerprint density at radius 1 is 1.02 bits per heavy atom. The highest BCUT2D eigenvalue weighted by molar-refractivity contribution is 7.19. The van der Waals surface area contributed by atoms with Gasteiger partial charge in [-0.25, -0.2) is 13.8 Å². The maximum absolute atomic E-state index is 14.7. The number of para-hydroxylation sites is 1. The first-order valence-electron chi connectivity index (χ1n) is 20.9. The van der Waals surface area contributed by atoms with Gasteiger partial charge in [-0.1, -0.05) is 12.1 Å². The number of hydrogen-bond donors (Lipinski definition) is 2. The summed E-state index contributed by atoms with van der Waals surface area (Å²) in [7, 11) is 1.75. The van der Waals surface area contributed by atoms with Crippen molar-refractivity contribution >= 4 is 62.3 Å². The van der Waals surface area contributed by atoms with Crippen LogP contribution in [0, 0.1) is 17.0 Å². The van der Waals surface area contributed by atoms with E-state index in [2.05, 4.69) is 25.4 Å². The van der Waals surface area contributed by atoms with Crippen LogP contribution in [-0.2, 0) is 40.8 Å². The number of piperidine rings is 1. The molecule has 63 heavy (non-hydrogen) atoms. The molecule has 0 saturated carbocycles. The number of anilines is 4. The average Bonchev–Trinajstić information content (AvgIpc) is 3.99. The minimum Gasteiger partial charge on any atom is -0.343 e. The summed E-state index contributed by atoms with van der Waals surface area (Å²) < 4.78 is 33.0. The summed E-state index contributed by atoms with van der Waals surface area (Å²) in [6.45, 7) is 5.49. The number of aromatic nitrogens is 5. The van der Waals surface area contributed by atoms with Crippen molar-refractivity contribution in [2.75, 3.05) is 41.7 Å². The molecule has 330 valence electrons. The van der Waals surface area contributed by atoms with Crippen LogP contribution in [0.4, 0.5) is 36.1 Å². The Labute approximate surface area is 365 Å². The van der Waals surface area contributed by atoms with Crippen LogP contribution >= 0.6 is 11.3 Å². The van der Waals surface area contributed by atoms with Gasteiger partial charge in [-0.15, -0.1) is 0 Å². The molecule has 1 fully saturated rings. The number of nitro groups is 1. The molecule has 0 unspecified atom stereocenters. The summed E-state index contributed by atoms with van der Waals surface area (Å²) in [6, 6.07) is 9.81. The zero-order valence-corrected chi connectivity index (χ0v) is 35.9. The second-order valence-electron chi connectivity index (χ2n) is 16.1. The molecule has 3 aliphatic heterocycles. The molecule has 1 saturated heterocycles. The van der Waals surface area contributed by atoms with E-state index in [4.69, 9.17) is 5.10 Å². The average molecular weight is 884 g/mol. The van der Waals surface area contributed by atoms with Gasteiger partial charge >= 0.3 is 5.00 Å². The van der Waals surface area contributed by atoms with Gasteiger partial charge in [0.25, 0.3) is 12.3 Å². The molecule has 0 radical (unpaired) electrons. The van der Waals surface area contributed by atoms with Gasteiger partial charge in [-0.3, -0.25) is 44.0 Å². The maximum atomic E-state index is 14.7. The second kappa shape index (κ2) is 18.0. The predicted octanol–water partition coefficient (Wildman–Crippen LogP) is 7.11. The molecule has 3 aliphatic rings. The van der Waals surface area contributed by atoms with E-state index in [0.29, 0.717) is 74.6 Å². The smallest absolute Gasteiger partial charge is 0.343 e. The SMILES string of the molecule is CC(=O)N1CCc2c(c(N3CCCc4cc(-c5cnn(C)c5)c(C(F)F)cc43)nn2C2CCN(C(=O)CCCC(=O)Nc3ccccc3C(=O)Nc3nc(C)c([N+](=O)[O-])s3)CC2)C1. The zero-order valence-electron chi connectivity index (χ0n) is 35.1. The number of rotatable bonds is 12.